The van der Waals surface area contributed by atoms with E-state index in [0.29, 0.717) is 0 Å². The Morgan fingerprint density at radius 3 is 2.69 bits per heavy atom. The first-order chi connectivity index (χ1) is 7.60. The second kappa shape index (κ2) is 3.81. The van der Waals surface area contributed by atoms with Crippen LogP contribution in [-0.2, 0) is 11.3 Å². The van der Waals surface area contributed by atoms with Crippen LogP contribution in [0.3, 0.4) is 0 Å². The SMILES string of the molecule is CCC1C(=O)Nc2c(C)nn(CC)c2N1C. The van der Waals surface area contributed by atoms with Gasteiger partial charge in [-0.1, -0.05) is 6.92 Å². The molecule has 0 spiro atoms. The normalized spacial score (nSPS) is 19.6. The topological polar surface area (TPSA) is 50.2 Å². The number of hydrogen-bond donors (Lipinski definition) is 1. The van der Waals surface area contributed by atoms with Crippen molar-refractivity contribution >= 4 is 17.4 Å². The minimum absolute atomic E-state index is 0.0660. The van der Waals surface area contributed by atoms with Crippen LogP contribution in [0, 0.1) is 6.92 Å². The van der Waals surface area contributed by atoms with Gasteiger partial charge in [-0.3, -0.25) is 4.79 Å². The lowest BCUT2D eigenvalue weighted by atomic mass is 10.1. The Kier molecular flexibility index (Phi) is 2.61. The molecule has 1 N–H and O–H groups in total. The van der Waals surface area contributed by atoms with Gasteiger partial charge in [-0.2, -0.15) is 5.10 Å². The van der Waals surface area contributed by atoms with E-state index in [2.05, 4.69) is 17.3 Å². The molecule has 1 aromatic rings. The maximum atomic E-state index is 11.9. The van der Waals surface area contributed by atoms with Crippen molar-refractivity contribution in [3.8, 4) is 0 Å². The third-order valence-corrected chi connectivity index (χ3v) is 3.14. The van der Waals surface area contributed by atoms with E-state index in [1.807, 2.05) is 30.5 Å². The second-order valence-electron chi connectivity index (χ2n) is 4.12. The lowest BCUT2D eigenvalue weighted by Gasteiger charge is -2.33. The molecule has 1 aliphatic rings. The Morgan fingerprint density at radius 2 is 2.12 bits per heavy atom. The van der Waals surface area contributed by atoms with Gasteiger partial charge in [0.05, 0.1) is 5.69 Å². The highest BCUT2D eigenvalue weighted by Gasteiger charge is 2.33. The van der Waals surface area contributed by atoms with Gasteiger partial charge in [0.25, 0.3) is 0 Å². The third-order valence-electron chi connectivity index (χ3n) is 3.14. The summed E-state index contributed by atoms with van der Waals surface area (Å²) in [4.78, 5) is 13.9. The van der Waals surface area contributed by atoms with Crippen LogP contribution >= 0.6 is 0 Å². The Hall–Kier alpha value is -1.52. The second-order valence-corrected chi connectivity index (χ2v) is 4.12. The van der Waals surface area contributed by atoms with E-state index in [1.165, 1.54) is 0 Å². The van der Waals surface area contributed by atoms with E-state index >= 15 is 0 Å². The number of aromatic nitrogens is 2. The fourth-order valence-corrected chi connectivity index (χ4v) is 2.28. The molecule has 0 radical (unpaired) electrons. The van der Waals surface area contributed by atoms with E-state index in [9.17, 15) is 4.79 Å². The summed E-state index contributed by atoms with van der Waals surface area (Å²) >= 11 is 0. The highest BCUT2D eigenvalue weighted by atomic mass is 16.2. The Bertz CT molecular complexity index is 424. The molecule has 0 fully saturated rings. The molecule has 16 heavy (non-hydrogen) atoms. The van der Waals surface area contributed by atoms with Gasteiger partial charge in [-0.05, 0) is 20.3 Å². The monoisotopic (exact) mass is 222 g/mol. The molecule has 1 aliphatic heterocycles. The molecule has 0 saturated carbocycles. The zero-order valence-corrected chi connectivity index (χ0v) is 10.2. The van der Waals surface area contributed by atoms with Crippen molar-refractivity contribution in [2.24, 2.45) is 0 Å². The van der Waals surface area contributed by atoms with Crippen LogP contribution in [-0.4, -0.2) is 28.8 Å². The first-order valence-electron chi connectivity index (χ1n) is 5.71. The summed E-state index contributed by atoms with van der Waals surface area (Å²) in [7, 11) is 1.96. The van der Waals surface area contributed by atoms with Crippen LogP contribution < -0.4 is 10.2 Å². The van der Waals surface area contributed by atoms with E-state index in [-0.39, 0.29) is 11.9 Å². The van der Waals surface area contributed by atoms with Crippen LogP contribution in [0.2, 0.25) is 0 Å². The molecular formula is C11H18N4O. The van der Waals surface area contributed by atoms with Crippen LogP contribution in [0.5, 0.6) is 0 Å². The molecule has 0 aliphatic carbocycles. The molecule has 5 nitrogen and oxygen atoms in total. The number of rotatable bonds is 2. The summed E-state index contributed by atoms with van der Waals surface area (Å²) in [5.41, 5.74) is 1.74. The van der Waals surface area contributed by atoms with E-state index in [1.54, 1.807) is 0 Å². The number of hydrogen-bond acceptors (Lipinski definition) is 3. The number of anilines is 2. The van der Waals surface area contributed by atoms with E-state index in [4.69, 9.17) is 0 Å². The van der Waals surface area contributed by atoms with Crippen molar-refractivity contribution in [3.05, 3.63) is 5.69 Å². The van der Waals surface area contributed by atoms with Gasteiger partial charge in [0.2, 0.25) is 5.91 Å². The summed E-state index contributed by atoms with van der Waals surface area (Å²) in [5, 5.41) is 7.37. The predicted molar refractivity (Wildman–Crippen MR) is 63.7 cm³/mol. The number of carbonyl (C=O) groups excluding carboxylic acids is 1. The van der Waals surface area contributed by atoms with Gasteiger partial charge in [0.15, 0.2) is 5.82 Å². The number of amides is 1. The standard InChI is InChI=1S/C11H18N4O/c1-5-8-10(16)12-9-7(3)13-15(6-2)11(9)14(8)4/h8H,5-6H2,1-4H3,(H,12,16). The lowest BCUT2D eigenvalue weighted by Crippen LogP contribution is -2.46. The molecule has 2 rings (SSSR count). The number of aryl methyl sites for hydroxylation is 2. The number of carbonyl (C=O) groups is 1. The van der Waals surface area contributed by atoms with Gasteiger partial charge < -0.3 is 10.2 Å². The number of likely N-dealkylation sites (N-methyl/N-ethyl adjacent to an activating group) is 1. The van der Waals surface area contributed by atoms with E-state index < -0.39 is 0 Å². The van der Waals surface area contributed by atoms with Gasteiger partial charge in [-0.25, -0.2) is 4.68 Å². The van der Waals surface area contributed by atoms with Gasteiger partial charge >= 0.3 is 0 Å². The maximum absolute atomic E-state index is 11.9. The fourth-order valence-electron chi connectivity index (χ4n) is 2.28. The predicted octanol–water partition coefficient (Wildman–Crippen LogP) is 1.38. The molecule has 2 heterocycles. The maximum Gasteiger partial charge on any atom is 0.247 e. The zero-order valence-electron chi connectivity index (χ0n) is 10.2. The summed E-state index contributed by atoms with van der Waals surface area (Å²) in [6, 6.07) is -0.0890. The molecule has 1 aromatic heterocycles. The van der Waals surface area contributed by atoms with Crippen molar-refractivity contribution in [2.45, 2.75) is 39.8 Å². The molecule has 0 saturated heterocycles. The molecule has 1 unspecified atom stereocenters. The smallest absolute Gasteiger partial charge is 0.247 e. The summed E-state index contributed by atoms with van der Waals surface area (Å²) in [6.45, 7) is 6.81. The highest BCUT2D eigenvalue weighted by Crippen LogP contribution is 2.34. The molecule has 0 aromatic carbocycles. The van der Waals surface area contributed by atoms with Crippen LogP contribution in [0.25, 0.3) is 0 Å². The minimum Gasteiger partial charge on any atom is -0.346 e. The number of nitrogens with zero attached hydrogens (tertiary/aromatic N) is 3. The zero-order chi connectivity index (χ0) is 11.9. The Morgan fingerprint density at radius 1 is 1.44 bits per heavy atom. The van der Waals surface area contributed by atoms with Gasteiger partial charge in [-0.15, -0.1) is 0 Å². The molecule has 0 bridgehead atoms. The quantitative estimate of drug-likeness (QED) is 0.822. The Balaban J connectivity index is 2.52. The van der Waals surface area contributed by atoms with Crippen molar-refractivity contribution in [3.63, 3.8) is 0 Å². The summed E-state index contributed by atoms with van der Waals surface area (Å²) in [6.07, 6.45) is 0.801. The number of fused-ring (bicyclic) bond motifs is 1. The largest absolute Gasteiger partial charge is 0.346 e. The third kappa shape index (κ3) is 1.38. The van der Waals surface area contributed by atoms with Crippen molar-refractivity contribution in [1.82, 2.24) is 9.78 Å². The van der Waals surface area contributed by atoms with Gasteiger partial charge in [0.1, 0.15) is 11.7 Å². The Labute approximate surface area is 95.4 Å². The van der Waals surface area contributed by atoms with Crippen LogP contribution in [0.1, 0.15) is 26.0 Å². The molecule has 1 atom stereocenters. The molecule has 1 amide bonds. The molecular weight excluding hydrogens is 204 g/mol. The van der Waals surface area contributed by atoms with Crippen molar-refractivity contribution in [2.75, 3.05) is 17.3 Å². The van der Waals surface area contributed by atoms with Crippen LogP contribution in [0.15, 0.2) is 0 Å². The minimum atomic E-state index is -0.0890. The van der Waals surface area contributed by atoms with Crippen LogP contribution in [0.4, 0.5) is 11.5 Å². The summed E-state index contributed by atoms with van der Waals surface area (Å²) < 4.78 is 1.94. The first-order valence-corrected chi connectivity index (χ1v) is 5.71. The first kappa shape index (κ1) is 11.0. The van der Waals surface area contributed by atoms with E-state index in [0.717, 1.165) is 30.2 Å². The number of nitrogens with one attached hydrogen (secondary N) is 1. The highest BCUT2D eigenvalue weighted by molar-refractivity contribution is 6.03. The van der Waals surface area contributed by atoms with Crippen molar-refractivity contribution < 1.29 is 4.79 Å². The van der Waals surface area contributed by atoms with Crippen molar-refractivity contribution in [1.29, 1.82) is 0 Å². The van der Waals surface area contributed by atoms with Gasteiger partial charge in [0, 0.05) is 13.6 Å². The average Bonchev–Trinajstić information content (AvgIpc) is 2.56. The molecule has 88 valence electrons. The lowest BCUT2D eigenvalue weighted by molar-refractivity contribution is -0.117. The average molecular weight is 222 g/mol. The molecule has 5 heteroatoms. The fraction of sp³-hybridized carbons (Fsp3) is 0.636. The summed E-state index contributed by atoms with van der Waals surface area (Å²) in [5.74, 6) is 1.09.